The fourth-order valence-electron chi connectivity index (χ4n) is 3.56. The van der Waals surface area contributed by atoms with Gasteiger partial charge in [-0.1, -0.05) is 6.42 Å². The van der Waals surface area contributed by atoms with Gasteiger partial charge < -0.3 is 19.7 Å². The Bertz CT molecular complexity index is 607. The van der Waals surface area contributed by atoms with E-state index in [9.17, 15) is 9.59 Å². The molecule has 2 saturated heterocycles. The average molecular weight is 318 g/mol. The third-order valence-electron chi connectivity index (χ3n) is 4.90. The summed E-state index contributed by atoms with van der Waals surface area (Å²) < 4.78 is 1.47. The molecular formula is C17H26N4O2. The number of piperidine rings is 1. The molecule has 6 nitrogen and oxygen atoms in total. The van der Waals surface area contributed by atoms with Crippen molar-refractivity contribution in [3.63, 3.8) is 0 Å². The molecule has 1 aromatic heterocycles. The smallest absolute Gasteiger partial charge is 0.322 e. The number of amides is 2. The molecule has 0 radical (unpaired) electrons. The van der Waals surface area contributed by atoms with E-state index in [1.165, 1.54) is 36.9 Å². The van der Waals surface area contributed by atoms with Crippen molar-refractivity contribution in [2.45, 2.75) is 25.7 Å². The Kier molecular flexibility index (Phi) is 5.00. The van der Waals surface area contributed by atoms with Gasteiger partial charge in [-0.2, -0.15) is 0 Å². The van der Waals surface area contributed by atoms with Crippen LogP contribution in [0.5, 0.6) is 0 Å². The Labute approximate surface area is 137 Å². The number of anilines is 1. The Balaban J connectivity index is 1.53. The highest BCUT2D eigenvalue weighted by molar-refractivity contribution is 5.89. The van der Waals surface area contributed by atoms with Crippen molar-refractivity contribution in [3.05, 3.63) is 28.7 Å². The topological polar surface area (TPSA) is 57.6 Å². The summed E-state index contributed by atoms with van der Waals surface area (Å²) in [7, 11) is 1.68. The normalized spacial score (nSPS) is 22.3. The molecule has 2 aliphatic rings. The summed E-state index contributed by atoms with van der Waals surface area (Å²) in [6.07, 6.45) is 6.68. The van der Waals surface area contributed by atoms with E-state index in [1.807, 2.05) is 4.90 Å². The van der Waals surface area contributed by atoms with E-state index in [2.05, 4.69) is 10.2 Å². The van der Waals surface area contributed by atoms with E-state index in [4.69, 9.17) is 0 Å². The number of rotatable bonds is 3. The van der Waals surface area contributed by atoms with Gasteiger partial charge in [-0.25, -0.2) is 4.79 Å². The highest BCUT2D eigenvalue weighted by Crippen LogP contribution is 2.20. The molecule has 126 valence electrons. The minimum atomic E-state index is -0.176. The average Bonchev–Trinajstić information content (AvgIpc) is 3.01. The fourth-order valence-corrected chi connectivity index (χ4v) is 3.56. The lowest BCUT2D eigenvalue weighted by molar-refractivity contribution is 0.192. The molecule has 0 unspecified atom stereocenters. The molecule has 0 aromatic carbocycles. The van der Waals surface area contributed by atoms with E-state index in [1.54, 1.807) is 25.4 Å². The van der Waals surface area contributed by atoms with Crippen LogP contribution in [0.1, 0.15) is 25.7 Å². The second-order valence-electron chi connectivity index (χ2n) is 6.73. The van der Waals surface area contributed by atoms with E-state index >= 15 is 0 Å². The van der Waals surface area contributed by atoms with Gasteiger partial charge in [0, 0.05) is 32.9 Å². The summed E-state index contributed by atoms with van der Waals surface area (Å²) >= 11 is 0. The fraction of sp³-hybridized carbons (Fsp3) is 0.647. The molecule has 1 aromatic rings. The van der Waals surface area contributed by atoms with E-state index in [0.29, 0.717) is 11.6 Å². The summed E-state index contributed by atoms with van der Waals surface area (Å²) in [6.45, 7) is 5.05. The lowest BCUT2D eigenvalue weighted by atomic mass is 10.1. The van der Waals surface area contributed by atoms with Gasteiger partial charge in [0.05, 0.1) is 0 Å². The zero-order valence-corrected chi connectivity index (χ0v) is 13.8. The number of carbonyl (C=O) groups excluding carboxylic acids is 1. The van der Waals surface area contributed by atoms with E-state index in [-0.39, 0.29) is 11.6 Å². The van der Waals surface area contributed by atoms with Crippen molar-refractivity contribution in [2.24, 2.45) is 13.0 Å². The largest absolute Gasteiger partial charge is 0.324 e. The first-order chi connectivity index (χ1) is 11.1. The van der Waals surface area contributed by atoms with Crippen molar-refractivity contribution in [3.8, 4) is 0 Å². The molecule has 0 spiro atoms. The second-order valence-corrected chi connectivity index (χ2v) is 6.73. The van der Waals surface area contributed by atoms with Crippen LogP contribution in [0.2, 0.25) is 0 Å². The predicted octanol–water partition coefficient (Wildman–Crippen LogP) is 1.72. The molecule has 0 bridgehead atoms. The molecule has 6 heteroatoms. The number of likely N-dealkylation sites (tertiary alicyclic amines) is 2. The van der Waals surface area contributed by atoms with Crippen LogP contribution in [-0.4, -0.2) is 53.1 Å². The van der Waals surface area contributed by atoms with Crippen molar-refractivity contribution in [1.29, 1.82) is 0 Å². The van der Waals surface area contributed by atoms with Gasteiger partial charge in [-0.3, -0.25) is 4.79 Å². The number of nitrogens with zero attached hydrogens (tertiary/aromatic N) is 3. The lowest BCUT2D eigenvalue weighted by Gasteiger charge is -2.29. The zero-order chi connectivity index (χ0) is 16.2. The number of aryl methyl sites for hydroxylation is 1. The summed E-state index contributed by atoms with van der Waals surface area (Å²) in [5.41, 5.74) is 0.171. The highest BCUT2D eigenvalue weighted by Gasteiger charge is 2.28. The predicted molar refractivity (Wildman–Crippen MR) is 90.7 cm³/mol. The Hall–Kier alpha value is -1.82. The lowest BCUT2D eigenvalue weighted by Crippen LogP contribution is -2.38. The van der Waals surface area contributed by atoms with Gasteiger partial charge in [0.2, 0.25) is 0 Å². The molecule has 0 saturated carbocycles. The Morgan fingerprint density at radius 1 is 1.26 bits per heavy atom. The molecular weight excluding hydrogens is 292 g/mol. The second kappa shape index (κ2) is 7.17. The number of hydrogen-bond acceptors (Lipinski definition) is 3. The van der Waals surface area contributed by atoms with Crippen LogP contribution in [0.15, 0.2) is 23.1 Å². The molecule has 3 rings (SSSR count). The van der Waals surface area contributed by atoms with Gasteiger partial charge in [0.1, 0.15) is 5.69 Å². The summed E-state index contributed by atoms with van der Waals surface area (Å²) in [5.74, 6) is 0.553. The van der Waals surface area contributed by atoms with Gasteiger partial charge in [0.25, 0.3) is 5.56 Å². The van der Waals surface area contributed by atoms with Crippen LogP contribution in [0.4, 0.5) is 10.5 Å². The first-order valence-electron chi connectivity index (χ1n) is 8.57. The summed E-state index contributed by atoms with van der Waals surface area (Å²) in [6, 6.07) is 3.26. The first kappa shape index (κ1) is 16.1. The molecule has 2 fully saturated rings. The van der Waals surface area contributed by atoms with Gasteiger partial charge in [-0.05, 0) is 50.4 Å². The Morgan fingerprint density at radius 3 is 2.83 bits per heavy atom. The maximum absolute atomic E-state index is 12.4. The monoisotopic (exact) mass is 318 g/mol. The van der Waals surface area contributed by atoms with Crippen LogP contribution >= 0.6 is 0 Å². The number of hydrogen-bond donors (Lipinski definition) is 1. The highest BCUT2D eigenvalue weighted by atomic mass is 16.2. The van der Waals surface area contributed by atoms with Crippen LogP contribution in [0.25, 0.3) is 0 Å². The van der Waals surface area contributed by atoms with Crippen molar-refractivity contribution in [1.82, 2.24) is 14.4 Å². The number of nitrogens with one attached hydrogen (secondary N) is 1. The SMILES string of the molecule is Cn1cccc(NC(=O)N2CC[C@@H](CN3CCCCC3)C2)c1=O. The Morgan fingerprint density at radius 2 is 2.04 bits per heavy atom. The molecule has 3 heterocycles. The van der Waals surface area contributed by atoms with Crippen LogP contribution < -0.4 is 10.9 Å². The van der Waals surface area contributed by atoms with E-state index < -0.39 is 0 Å². The van der Waals surface area contributed by atoms with Crippen LogP contribution in [0, 0.1) is 5.92 Å². The van der Waals surface area contributed by atoms with E-state index in [0.717, 1.165) is 26.1 Å². The third kappa shape index (κ3) is 3.93. The van der Waals surface area contributed by atoms with Crippen molar-refractivity contribution >= 4 is 11.7 Å². The molecule has 0 aliphatic carbocycles. The zero-order valence-electron chi connectivity index (χ0n) is 13.8. The molecule has 1 N–H and O–H groups in total. The standard InChI is InChI=1S/C17H26N4O2/c1-19-8-5-6-15(16(19)22)18-17(23)21-11-7-14(13-21)12-20-9-3-2-4-10-20/h5-6,8,14H,2-4,7,9-13H2,1H3,(H,18,23)/t14-/m0/s1. The van der Waals surface area contributed by atoms with Crippen LogP contribution in [-0.2, 0) is 7.05 Å². The van der Waals surface area contributed by atoms with Crippen molar-refractivity contribution in [2.75, 3.05) is 38.0 Å². The minimum absolute atomic E-state index is 0.158. The molecule has 2 amide bonds. The van der Waals surface area contributed by atoms with Gasteiger partial charge in [-0.15, -0.1) is 0 Å². The first-order valence-corrected chi connectivity index (χ1v) is 8.57. The quantitative estimate of drug-likeness (QED) is 0.923. The van der Waals surface area contributed by atoms with Gasteiger partial charge in [0.15, 0.2) is 0 Å². The number of urea groups is 1. The third-order valence-corrected chi connectivity index (χ3v) is 4.90. The number of carbonyl (C=O) groups is 1. The molecule has 1 atom stereocenters. The maximum atomic E-state index is 12.4. The number of pyridine rings is 1. The van der Waals surface area contributed by atoms with Crippen molar-refractivity contribution < 1.29 is 4.79 Å². The summed E-state index contributed by atoms with van der Waals surface area (Å²) in [5, 5.41) is 2.76. The van der Waals surface area contributed by atoms with Gasteiger partial charge >= 0.3 is 6.03 Å². The summed E-state index contributed by atoms with van der Waals surface area (Å²) in [4.78, 5) is 28.7. The molecule has 23 heavy (non-hydrogen) atoms. The minimum Gasteiger partial charge on any atom is -0.324 e. The molecule has 2 aliphatic heterocycles. The van der Waals surface area contributed by atoms with Crippen LogP contribution in [0.3, 0.4) is 0 Å². The maximum Gasteiger partial charge on any atom is 0.322 e. The number of aromatic nitrogens is 1.